The largest absolute Gasteiger partial charge is 0.501 e. The van der Waals surface area contributed by atoms with E-state index in [1.54, 1.807) is 0 Å². The lowest BCUT2D eigenvalue weighted by atomic mass is 10.1. The predicted octanol–water partition coefficient (Wildman–Crippen LogP) is 2.84. The average Bonchev–Trinajstić information content (AvgIpc) is 2.91. The number of alkyl halides is 3. The van der Waals surface area contributed by atoms with Gasteiger partial charge in [0.25, 0.3) is 9.84 Å². The number of amides is 1. The quantitative estimate of drug-likeness (QED) is 0.541. The second kappa shape index (κ2) is 11.3. The molecule has 6 nitrogen and oxygen atoms in total. The van der Waals surface area contributed by atoms with Gasteiger partial charge in [-0.3, -0.25) is 4.79 Å². The summed E-state index contributed by atoms with van der Waals surface area (Å²) in [6, 6.07) is 5.09. The zero-order valence-corrected chi connectivity index (χ0v) is 18.9. The molecule has 1 unspecified atom stereocenters. The van der Waals surface area contributed by atoms with Crippen LogP contribution in [-0.4, -0.2) is 74.9 Å². The van der Waals surface area contributed by atoms with Gasteiger partial charge in [0, 0.05) is 38.6 Å². The third kappa shape index (κ3) is 7.18. The Labute approximate surface area is 182 Å². The standard InChI is InChI=1S/C21H32F3N3O3S/c1-3-26(13-4-5-14-27-15-12-25-11-10-20(27)28)17(2)16-18-6-8-19(9-7-18)31(29,30)21(22,23)24/h6-9,17,25H,3-5,10-16H2,1-2H3. The minimum atomic E-state index is -5.32. The Morgan fingerprint density at radius 3 is 2.45 bits per heavy atom. The van der Waals surface area contributed by atoms with Gasteiger partial charge >= 0.3 is 5.51 Å². The topological polar surface area (TPSA) is 69.7 Å². The fraction of sp³-hybridized carbons (Fsp3) is 0.667. The van der Waals surface area contributed by atoms with Gasteiger partial charge in [0.15, 0.2) is 0 Å². The van der Waals surface area contributed by atoms with E-state index in [9.17, 15) is 26.4 Å². The molecule has 1 N–H and O–H groups in total. The lowest BCUT2D eigenvalue weighted by Crippen LogP contribution is -2.36. The van der Waals surface area contributed by atoms with E-state index in [0.717, 1.165) is 69.8 Å². The molecule has 1 atom stereocenters. The first-order valence-electron chi connectivity index (χ1n) is 10.7. The number of hydrogen-bond donors (Lipinski definition) is 1. The molecule has 1 saturated heterocycles. The summed E-state index contributed by atoms with van der Waals surface area (Å²) in [6.07, 6.45) is 3.01. The van der Waals surface area contributed by atoms with Crippen molar-refractivity contribution in [3.05, 3.63) is 29.8 Å². The monoisotopic (exact) mass is 463 g/mol. The van der Waals surface area contributed by atoms with E-state index < -0.39 is 20.2 Å². The molecule has 1 aromatic rings. The lowest BCUT2D eigenvalue weighted by molar-refractivity contribution is -0.130. The van der Waals surface area contributed by atoms with Crippen molar-refractivity contribution in [2.24, 2.45) is 0 Å². The first-order valence-corrected chi connectivity index (χ1v) is 12.2. The molecular weight excluding hydrogens is 431 g/mol. The average molecular weight is 464 g/mol. The molecule has 1 heterocycles. The maximum atomic E-state index is 12.7. The van der Waals surface area contributed by atoms with Crippen molar-refractivity contribution in [2.45, 2.75) is 56.0 Å². The second-order valence-electron chi connectivity index (χ2n) is 7.86. The first-order chi connectivity index (χ1) is 14.6. The highest BCUT2D eigenvalue weighted by molar-refractivity contribution is 7.92. The van der Waals surface area contributed by atoms with E-state index in [1.165, 1.54) is 12.1 Å². The van der Waals surface area contributed by atoms with Crippen molar-refractivity contribution in [3.8, 4) is 0 Å². The number of carbonyl (C=O) groups excluding carboxylic acids is 1. The SMILES string of the molecule is CCN(CCCCN1CCNCCC1=O)C(C)Cc1ccc(S(=O)(=O)C(F)(F)F)cc1. The Balaban J connectivity index is 1.84. The molecule has 10 heteroatoms. The molecule has 176 valence electrons. The number of unbranched alkanes of at least 4 members (excludes halogenated alkanes) is 1. The van der Waals surface area contributed by atoms with E-state index in [1.807, 2.05) is 11.8 Å². The smallest absolute Gasteiger partial charge is 0.341 e. The van der Waals surface area contributed by atoms with Crippen LogP contribution in [0.4, 0.5) is 13.2 Å². The van der Waals surface area contributed by atoms with Crippen molar-refractivity contribution in [2.75, 3.05) is 39.3 Å². The van der Waals surface area contributed by atoms with E-state index in [-0.39, 0.29) is 11.9 Å². The van der Waals surface area contributed by atoms with Crippen LogP contribution in [0.25, 0.3) is 0 Å². The third-order valence-electron chi connectivity index (χ3n) is 5.65. The molecule has 1 aliphatic rings. The molecule has 1 fully saturated rings. The van der Waals surface area contributed by atoms with Gasteiger partial charge < -0.3 is 15.1 Å². The number of halogens is 3. The van der Waals surface area contributed by atoms with Gasteiger partial charge in [-0.1, -0.05) is 19.1 Å². The summed E-state index contributed by atoms with van der Waals surface area (Å²) in [6.45, 7) is 8.85. The predicted molar refractivity (Wildman–Crippen MR) is 113 cm³/mol. The van der Waals surface area contributed by atoms with Gasteiger partial charge in [-0.15, -0.1) is 0 Å². The van der Waals surface area contributed by atoms with Crippen LogP contribution < -0.4 is 5.32 Å². The molecule has 0 spiro atoms. The Bertz CT molecular complexity index is 813. The summed E-state index contributed by atoms with van der Waals surface area (Å²) < 4.78 is 61.0. The van der Waals surface area contributed by atoms with E-state index in [2.05, 4.69) is 17.1 Å². The number of likely N-dealkylation sites (N-methyl/N-ethyl adjacent to an activating group) is 1. The normalized spacial score (nSPS) is 17.1. The molecule has 1 aromatic carbocycles. The number of carbonyl (C=O) groups is 1. The summed E-state index contributed by atoms with van der Waals surface area (Å²) in [5.74, 6) is 0.196. The molecule has 2 rings (SSSR count). The van der Waals surface area contributed by atoms with Gasteiger partial charge in [0.1, 0.15) is 0 Å². The summed E-state index contributed by atoms with van der Waals surface area (Å²) in [5, 5.41) is 3.22. The van der Waals surface area contributed by atoms with Crippen LogP contribution in [0, 0.1) is 0 Å². The molecule has 0 bridgehead atoms. The Morgan fingerprint density at radius 2 is 1.84 bits per heavy atom. The molecule has 0 aliphatic carbocycles. The molecular formula is C21H32F3N3O3S. The summed E-state index contributed by atoms with van der Waals surface area (Å²) in [7, 11) is -5.32. The van der Waals surface area contributed by atoms with Gasteiger partial charge in [-0.25, -0.2) is 8.42 Å². The highest BCUT2D eigenvalue weighted by Gasteiger charge is 2.46. The molecule has 31 heavy (non-hydrogen) atoms. The number of rotatable bonds is 10. The molecule has 0 radical (unpaired) electrons. The maximum Gasteiger partial charge on any atom is 0.501 e. The fourth-order valence-corrected chi connectivity index (χ4v) is 4.53. The Kier molecular flexibility index (Phi) is 9.32. The fourth-order valence-electron chi connectivity index (χ4n) is 3.77. The second-order valence-corrected chi connectivity index (χ2v) is 9.80. The minimum absolute atomic E-state index is 0.152. The van der Waals surface area contributed by atoms with Crippen LogP contribution in [0.2, 0.25) is 0 Å². The van der Waals surface area contributed by atoms with Crippen molar-refractivity contribution in [1.29, 1.82) is 0 Å². The summed E-state index contributed by atoms with van der Waals surface area (Å²) >= 11 is 0. The molecule has 1 amide bonds. The Hall–Kier alpha value is -1.65. The van der Waals surface area contributed by atoms with Crippen molar-refractivity contribution < 1.29 is 26.4 Å². The molecule has 0 aromatic heterocycles. The van der Waals surface area contributed by atoms with Crippen LogP contribution in [0.3, 0.4) is 0 Å². The van der Waals surface area contributed by atoms with Crippen LogP contribution in [-0.2, 0) is 21.1 Å². The highest BCUT2D eigenvalue weighted by Crippen LogP contribution is 2.30. The van der Waals surface area contributed by atoms with Crippen LogP contribution in [0.1, 0.15) is 38.7 Å². The number of benzene rings is 1. The van der Waals surface area contributed by atoms with Gasteiger partial charge in [-0.05, 0) is 57.0 Å². The van der Waals surface area contributed by atoms with Gasteiger partial charge in [0.05, 0.1) is 4.90 Å². The number of hydrogen-bond acceptors (Lipinski definition) is 5. The Morgan fingerprint density at radius 1 is 1.16 bits per heavy atom. The van der Waals surface area contributed by atoms with E-state index in [4.69, 9.17) is 0 Å². The van der Waals surface area contributed by atoms with Gasteiger partial charge in [-0.2, -0.15) is 13.2 Å². The van der Waals surface area contributed by atoms with Gasteiger partial charge in [0.2, 0.25) is 5.91 Å². The van der Waals surface area contributed by atoms with E-state index >= 15 is 0 Å². The number of sulfone groups is 1. The van der Waals surface area contributed by atoms with E-state index in [0.29, 0.717) is 12.8 Å². The highest BCUT2D eigenvalue weighted by atomic mass is 32.2. The van der Waals surface area contributed by atoms with Crippen LogP contribution in [0.15, 0.2) is 29.2 Å². The van der Waals surface area contributed by atoms with Crippen LogP contribution >= 0.6 is 0 Å². The molecule has 1 aliphatic heterocycles. The summed E-state index contributed by atoms with van der Waals surface area (Å²) in [5.41, 5.74) is -4.51. The number of nitrogens with one attached hydrogen (secondary N) is 1. The van der Waals surface area contributed by atoms with Crippen molar-refractivity contribution in [3.63, 3.8) is 0 Å². The first kappa shape index (κ1) is 25.6. The van der Waals surface area contributed by atoms with Crippen LogP contribution in [0.5, 0.6) is 0 Å². The zero-order valence-electron chi connectivity index (χ0n) is 18.1. The molecule has 0 saturated carbocycles. The minimum Gasteiger partial charge on any atom is -0.341 e. The van der Waals surface area contributed by atoms with Crippen molar-refractivity contribution in [1.82, 2.24) is 15.1 Å². The lowest BCUT2D eigenvalue weighted by Gasteiger charge is -2.28. The number of nitrogens with zero attached hydrogens (tertiary/aromatic N) is 2. The third-order valence-corrected chi connectivity index (χ3v) is 7.15. The van der Waals surface area contributed by atoms with Crippen molar-refractivity contribution >= 4 is 15.7 Å². The zero-order chi connectivity index (χ0) is 23.1. The maximum absolute atomic E-state index is 12.7. The summed E-state index contributed by atoms with van der Waals surface area (Å²) in [4.78, 5) is 15.5.